The van der Waals surface area contributed by atoms with Crippen molar-refractivity contribution < 1.29 is 4.74 Å². The van der Waals surface area contributed by atoms with E-state index in [4.69, 9.17) is 4.74 Å². The molecule has 0 aromatic heterocycles. The molecular formula is C10H22N2O. The first-order chi connectivity index (χ1) is 6.43. The van der Waals surface area contributed by atoms with Crippen molar-refractivity contribution >= 4 is 0 Å². The minimum Gasteiger partial charge on any atom is -0.382 e. The molecule has 78 valence electrons. The predicted octanol–water partition coefficient (Wildman–Crippen LogP) is 0.708. The number of rotatable bonds is 6. The Morgan fingerprint density at radius 2 is 2.00 bits per heavy atom. The molecule has 1 rings (SSSR count). The highest BCUT2D eigenvalue weighted by Gasteiger charge is 2.07. The van der Waals surface area contributed by atoms with Gasteiger partial charge in [0.1, 0.15) is 0 Å². The summed E-state index contributed by atoms with van der Waals surface area (Å²) in [6.45, 7) is 9.83. The van der Waals surface area contributed by atoms with Crippen molar-refractivity contribution in [2.24, 2.45) is 0 Å². The molecule has 1 N–H and O–H groups in total. The van der Waals surface area contributed by atoms with Gasteiger partial charge in [0.2, 0.25) is 0 Å². The number of hydrogen-bond acceptors (Lipinski definition) is 3. The fourth-order valence-electron chi connectivity index (χ4n) is 1.62. The van der Waals surface area contributed by atoms with Crippen molar-refractivity contribution in [1.29, 1.82) is 0 Å². The number of nitrogens with zero attached hydrogens (tertiary/aromatic N) is 1. The van der Waals surface area contributed by atoms with Gasteiger partial charge in [-0.2, -0.15) is 0 Å². The standard InChI is InChI=1S/C10H22N2O/c1-2-13-10-4-3-7-12-8-5-11-6-9-12/h11H,2-10H2,1H3. The van der Waals surface area contributed by atoms with Crippen LogP contribution in [-0.4, -0.2) is 50.8 Å². The van der Waals surface area contributed by atoms with Crippen LogP contribution in [0.15, 0.2) is 0 Å². The maximum Gasteiger partial charge on any atom is 0.0466 e. The molecule has 1 aliphatic rings. The van der Waals surface area contributed by atoms with Gasteiger partial charge in [-0.3, -0.25) is 0 Å². The van der Waals surface area contributed by atoms with E-state index in [1.165, 1.54) is 32.5 Å². The van der Waals surface area contributed by atoms with Crippen LogP contribution in [0.5, 0.6) is 0 Å². The van der Waals surface area contributed by atoms with Gasteiger partial charge in [0.05, 0.1) is 0 Å². The summed E-state index contributed by atoms with van der Waals surface area (Å²) in [5, 5.41) is 3.36. The van der Waals surface area contributed by atoms with E-state index in [2.05, 4.69) is 17.1 Å². The van der Waals surface area contributed by atoms with E-state index in [-0.39, 0.29) is 0 Å². The summed E-state index contributed by atoms with van der Waals surface area (Å²) in [4.78, 5) is 2.53. The summed E-state index contributed by atoms with van der Waals surface area (Å²) in [7, 11) is 0. The highest BCUT2D eigenvalue weighted by Crippen LogP contribution is 1.97. The average molecular weight is 186 g/mol. The lowest BCUT2D eigenvalue weighted by Gasteiger charge is -2.26. The SMILES string of the molecule is CCOCCCCN1CCNCC1. The Morgan fingerprint density at radius 3 is 2.69 bits per heavy atom. The maximum absolute atomic E-state index is 5.29. The second kappa shape index (κ2) is 7.30. The first-order valence-electron chi connectivity index (χ1n) is 5.44. The van der Waals surface area contributed by atoms with Gasteiger partial charge in [0.15, 0.2) is 0 Å². The Bertz CT molecular complexity index is 113. The summed E-state index contributed by atoms with van der Waals surface area (Å²) >= 11 is 0. The molecule has 0 aromatic carbocycles. The normalized spacial score (nSPS) is 19.2. The van der Waals surface area contributed by atoms with Crippen molar-refractivity contribution in [3.63, 3.8) is 0 Å². The molecular weight excluding hydrogens is 164 g/mol. The Hall–Kier alpha value is -0.120. The van der Waals surface area contributed by atoms with Gasteiger partial charge in [-0.05, 0) is 26.3 Å². The Labute approximate surface area is 81.4 Å². The van der Waals surface area contributed by atoms with Crippen LogP contribution in [0.25, 0.3) is 0 Å². The van der Waals surface area contributed by atoms with Crippen molar-refractivity contribution in [1.82, 2.24) is 10.2 Å². The van der Waals surface area contributed by atoms with E-state index in [0.717, 1.165) is 26.3 Å². The fourth-order valence-corrected chi connectivity index (χ4v) is 1.62. The molecule has 13 heavy (non-hydrogen) atoms. The van der Waals surface area contributed by atoms with E-state index in [1.54, 1.807) is 0 Å². The number of unbranched alkanes of at least 4 members (excludes halogenated alkanes) is 1. The Balaban J connectivity index is 1.86. The Morgan fingerprint density at radius 1 is 1.23 bits per heavy atom. The van der Waals surface area contributed by atoms with Crippen LogP contribution in [0.2, 0.25) is 0 Å². The zero-order valence-corrected chi connectivity index (χ0v) is 8.72. The van der Waals surface area contributed by atoms with Gasteiger partial charge in [-0.15, -0.1) is 0 Å². The van der Waals surface area contributed by atoms with Gasteiger partial charge >= 0.3 is 0 Å². The molecule has 0 atom stereocenters. The lowest BCUT2D eigenvalue weighted by molar-refractivity contribution is 0.138. The topological polar surface area (TPSA) is 24.5 Å². The fraction of sp³-hybridized carbons (Fsp3) is 1.00. The van der Waals surface area contributed by atoms with E-state index in [1.807, 2.05) is 0 Å². The molecule has 0 radical (unpaired) electrons. The van der Waals surface area contributed by atoms with E-state index in [9.17, 15) is 0 Å². The molecule has 1 saturated heterocycles. The summed E-state index contributed by atoms with van der Waals surface area (Å²) < 4.78 is 5.29. The van der Waals surface area contributed by atoms with E-state index < -0.39 is 0 Å². The summed E-state index contributed by atoms with van der Waals surface area (Å²) in [6, 6.07) is 0. The quantitative estimate of drug-likeness (QED) is 0.618. The predicted molar refractivity (Wildman–Crippen MR) is 55.0 cm³/mol. The highest BCUT2D eigenvalue weighted by atomic mass is 16.5. The van der Waals surface area contributed by atoms with Gasteiger partial charge in [-0.25, -0.2) is 0 Å². The van der Waals surface area contributed by atoms with Crippen LogP contribution < -0.4 is 5.32 Å². The van der Waals surface area contributed by atoms with Gasteiger partial charge in [0, 0.05) is 39.4 Å². The molecule has 3 heteroatoms. The molecule has 3 nitrogen and oxygen atoms in total. The number of hydrogen-bond donors (Lipinski definition) is 1. The first kappa shape index (κ1) is 11.0. The molecule has 0 saturated carbocycles. The van der Waals surface area contributed by atoms with Crippen molar-refractivity contribution in [3.05, 3.63) is 0 Å². The summed E-state index contributed by atoms with van der Waals surface area (Å²) in [6.07, 6.45) is 2.48. The molecule has 0 amide bonds. The molecule has 0 spiro atoms. The van der Waals surface area contributed by atoms with Crippen molar-refractivity contribution in [3.8, 4) is 0 Å². The third-order valence-corrected chi connectivity index (χ3v) is 2.43. The van der Waals surface area contributed by atoms with Gasteiger partial charge < -0.3 is 15.0 Å². The summed E-state index contributed by atoms with van der Waals surface area (Å²) in [5.41, 5.74) is 0. The third kappa shape index (κ3) is 5.24. The molecule has 0 unspecified atom stereocenters. The van der Waals surface area contributed by atoms with Crippen LogP contribution in [-0.2, 0) is 4.74 Å². The minimum atomic E-state index is 0.855. The Kier molecular flexibility index (Phi) is 6.15. The average Bonchev–Trinajstić information content (AvgIpc) is 2.19. The number of ether oxygens (including phenoxy) is 1. The molecule has 0 aliphatic carbocycles. The van der Waals surface area contributed by atoms with E-state index >= 15 is 0 Å². The monoisotopic (exact) mass is 186 g/mol. The minimum absolute atomic E-state index is 0.855. The van der Waals surface area contributed by atoms with E-state index in [0.29, 0.717) is 0 Å². The lowest BCUT2D eigenvalue weighted by Crippen LogP contribution is -2.43. The van der Waals surface area contributed by atoms with Crippen LogP contribution in [0.4, 0.5) is 0 Å². The third-order valence-electron chi connectivity index (χ3n) is 2.43. The van der Waals surface area contributed by atoms with Crippen LogP contribution in [0, 0.1) is 0 Å². The molecule has 1 heterocycles. The van der Waals surface area contributed by atoms with Crippen molar-refractivity contribution in [2.75, 3.05) is 45.9 Å². The highest BCUT2D eigenvalue weighted by molar-refractivity contribution is 4.66. The smallest absolute Gasteiger partial charge is 0.0466 e. The molecule has 0 aromatic rings. The lowest BCUT2D eigenvalue weighted by atomic mass is 10.3. The summed E-state index contributed by atoms with van der Waals surface area (Å²) in [5.74, 6) is 0. The van der Waals surface area contributed by atoms with Crippen LogP contribution in [0.3, 0.4) is 0 Å². The molecule has 1 fully saturated rings. The largest absolute Gasteiger partial charge is 0.382 e. The molecule has 1 aliphatic heterocycles. The van der Waals surface area contributed by atoms with Crippen LogP contribution >= 0.6 is 0 Å². The number of piperazine rings is 1. The maximum atomic E-state index is 5.29. The first-order valence-corrected chi connectivity index (χ1v) is 5.44. The zero-order valence-electron chi connectivity index (χ0n) is 8.72. The zero-order chi connectivity index (χ0) is 9.36. The second-order valence-corrected chi connectivity index (χ2v) is 3.50. The second-order valence-electron chi connectivity index (χ2n) is 3.50. The number of nitrogens with one attached hydrogen (secondary N) is 1. The van der Waals surface area contributed by atoms with Crippen molar-refractivity contribution in [2.45, 2.75) is 19.8 Å². The van der Waals surface area contributed by atoms with Gasteiger partial charge in [-0.1, -0.05) is 0 Å². The van der Waals surface area contributed by atoms with Crippen LogP contribution in [0.1, 0.15) is 19.8 Å². The van der Waals surface area contributed by atoms with Gasteiger partial charge in [0.25, 0.3) is 0 Å². The molecule has 0 bridgehead atoms.